The van der Waals surface area contributed by atoms with E-state index in [0.29, 0.717) is 6.54 Å². The summed E-state index contributed by atoms with van der Waals surface area (Å²) in [5.41, 5.74) is 6.68. The van der Waals surface area contributed by atoms with Crippen LogP contribution in [-0.2, 0) is 4.74 Å². The quantitative estimate of drug-likeness (QED) is 0.801. The summed E-state index contributed by atoms with van der Waals surface area (Å²) in [5, 5.41) is 0. The molecule has 1 aromatic heterocycles. The van der Waals surface area contributed by atoms with Crippen molar-refractivity contribution in [2.24, 2.45) is 5.73 Å². The largest absolute Gasteiger partial charge is 0.369 e. The molecule has 0 aromatic carbocycles. The van der Waals surface area contributed by atoms with E-state index >= 15 is 0 Å². The molecule has 1 heterocycles. The lowest BCUT2D eigenvalue weighted by molar-refractivity contribution is -0.0126. The smallest absolute Gasteiger partial charge is 0.125 e. The minimum Gasteiger partial charge on any atom is -0.369 e. The number of hydrogen-bond donors (Lipinski definition) is 1. The summed E-state index contributed by atoms with van der Waals surface area (Å²) in [4.78, 5) is 8.32. The summed E-state index contributed by atoms with van der Waals surface area (Å²) in [6.45, 7) is 6.56. The van der Waals surface area contributed by atoms with Gasteiger partial charge in [0.25, 0.3) is 0 Å². The van der Waals surface area contributed by atoms with Crippen LogP contribution in [0, 0.1) is 6.92 Å². The molecule has 4 nitrogen and oxygen atoms in total. The zero-order valence-electron chi connectivity index (χ0n) is 10.3. The number of nitrogens with zero attached hydrogens (tertiary/aromatic N) is 2. The van der Waals surface area contributed by atoms with Crippen LogP contribution < -0.4 is 5.73 Å². The lowest BCUT2D eigenvalue weighted by Gasteiger charge is -2.22. The maximum absolute atomic E-state index is 5.92. The molecule has 0 amide bonds. The first-order valence-corrected chi connectivity index (χ1v) is 5.85. The monoisotopic (exact) mass is 223 g/mol. The average molecular weight is 223 g/mol. The molecule has 0 fully saturated rings. The molecule has 0 spiro atoms. The van der Waals surface area contributed by atoms with Crippen molar-refractivity contribution in [1.29, 1.82) is 0 Å². The number of hydrogen-bond acceptors (Lipinski definition) is 4. The first-order chi connectivity index (χ1) is 7.71. The summed E-state index contributed by atoms with van der Waals surface area (Å²) in [6, 6.07) is 0. The molecule has 0 aliphatic heterocycles. The third kappa shape index (κ3) is 3.54. The van der Waals surface area contributed by atoms with E-state index in [2.05, 4.69) is 23.8 Å². The van der Waals surface area contributed by atoms with Gasteiger partial charge in [-0.15, -0.1) is 0 Å². The van der Waals surface area contributed by atoms with Crippen LogP contribution in [0.3, 0.4) is 0 Å². The van der Waals surface area contributed by atoms with Crippen molar-refractivity contribution in [2.75, 3.05) is 6.54 Å². The van der Waals surface area contributed by atoms with Gasteiger partial charge in [-0.3, -0.25) is 0 Å². The number of nitrogens with two attached hydrogens (primary N) is 1. The van der Waals surface area contributed by atoms with Crippen molar-refractivity contribution in [3.63, 3.8) is 0 Å². The summed E-state index contributed by atoms with van der Waals surface area (Å²) in [5.74, 6) is 0.766. The fourth-order valence-corrected chi connectivity index (χ4v) is 1.55. The lowest BCUT2D eigenvalue weighted by atomic mass is 10.1. The van der Waals surface area contributed by atoms with Gasteiger partial charge in [-0.05, 0) is 19.8 Å². The molecule has 0 saturated heterocycles. The van der Waals surface area contributed by atoms with E-state index in [1.165, 1.54) is 0 Å². The van der Waals surface area contributed by atoms with Crippen molar-refractivity contribution in [2.45, 2.75) is 45.8 Å². The summed E-state index contributed by atoms with van der Waals surface area (Å²) in [6.07, 6.45) is 5.75. The molecule has 16 heavy (non-hydrogen) atoms. The fraction of sp³-hybridized carbons (Fsp3) is 0.667. The molecule has 0 aliphatic rings. The van der Waals surface area contributed by atoms with E-state index in [-0.39, 0.29) is 12.2 Å². The fourth-order valence-electron chi connectivity index (χ4n) is 1.55. The molecule has 0 bridgehead atoms. The predicted molar refractivity (Wildman–Crippen MR) is 64.0 cm³/mol. The van der Waals surface area contributed by atoms with Crippen LogP contribution >= 0.6 is 0 Å². The van der Waals surface area contributed by atoms with Gasteiger partial charge < -0.3 is 10.5 Å². The highest BCUT2D eigenvalue weighted by molar-refractivity contribution is 5.09. The van der Waals surface area contributed by atoms with Crippen LogP contribution in [0.15, 0.2) is 12.4 Å². The highest BCUT2D eigenvalue weighted by Gasteiger charge is 2.15. The Morgan fingerprint density at radius 2 is 1.81 bits per heavy atom. The Bertz CT molecular complexity index is 296. The van der Waals surface area contributed by atoms with Gasteiger partial charge in [0.2, 0.25) is 0 Å². The first-order valence-electron chi connectivity index (χ1n) is 5.85. The van der Waals surface area contributed by atoms with Gasteiger partial charge in [-0.1, -0.05) is 13.8 Å². The van der Waals surface area contributed by atoms with Gasteiger partial charge in [0.1, 0.15) is 5.82 Å². The Morgan fingerprint density at radius 3 is 2.25 bits per heavy atom. The van der Waals surface area contributed by atoms with Gasteiger partial charge in [-0.2, -0.15) is 0 Å². The van der Waals surface area contributed by atoms with E-state index in [0.717, 1.165) is 24.2 Å². The third-order valence-corrected chi connectivity index (χ3v) is 2.65. The van der Waals surface area contributed by atoms with Crippen LogP contribution in [0.4, 0.5) is 0 Å². The molecule has 1 aromatic rings. The van der Waals surface area contributed by atoms with Gasteiger partial charge in [0.05, 0.1) is 12.2 Å². The predicted octanol–water partition coefficient (Wildman–Crippen LogP) is 1.99. The summed E-state index contributed by atoms with van der Waals surface area (Å²) >= 11 is 0. The first kappa shape index (κ1) is 13.1. The Balaban J connectivity index is 2.70. The van der Waals surface area contributed by atoms with Gasteiger partial charge >= 0.3 is 0 Å². The Morgan fingerprint density at radius 1 is 1.25 bits per heavy atom. The van der Waals surface area contributed by atoms with E-state index in [1.807, 2.05) is 6.92 Å². The van der Waals surface area contributed by atoms with Crippen molar-refractivity contribution >= 4 is 0 Å². The molecule has 0 aliphatic carbocycles. The number of aryl methyl sites for hydroxylation is 1. The van der Waals surface area contributed by atoms with Gasteiger partial charge in [0, 0.05) is 24.5 Å². The highest BCUT2D eigenvalue weighted by atomic mass is 16.5. The molecular formula is C12H21N3O. The highest BCUT2D eigenvalue weighted by Crippen LogP contribution is 2.19. The minimum absolute atomic E-state index is 0.0921. The zero-order valence-corrected chi connectivity index (χ0v) is 10.3. The number of ether oxygens (including phenoxy) is 1. The SMILES string of the molecule is CCC(CC)OC(CN)c1cnc(C)nc1. The second kappa shape index (κ2) is 6.55. The van der Waals surface area contributed by atoms with Crippen LogP contribution in [-0.4, -0.2) is 22.6 Å². The van der Waals surface area contributed by atoms with Crippen molar-refractivity contribution in [3.05, 3.63) is 23.8 Å². The van der Waals surface area contributed by atoms with Crippen LogP contribution in [0.1, 0.15) is 44.2 Å². The molecule has 90 valence electrons. The number of aromatic nitrogens is 2. The van der Waals surface area contributed by atoms with Crippen molar-refractivity contribution in [1.82, 2.24) is 9.97 Å². The third-order valence-electron chi connectivity index (χ3n) is 2.65. The molecule has 1 rings (SSSR count). The van der Waals surface area contributed by atoms with Crippen molar-refractivity contribution < 1.29 is 4.74 Å². The second-order valence-electron chi connectivity index (χ2n) is 3.86. The molecule has 1 unspecified atom stereocenters. The summed E-state index contributed by atoms with van der Waals surface area (Å²) < 4.78 is 5.92. The van der Waals surface area contributed by atoms with Crippen LogP contribution in [0.25, 0.3) is 0 Å². The molecule has 2 N–H and O–H groups in total. The van der Waals surface area contributed by atoms with Crippen LogP contribution in [0.5, 0.6) is 0 Å². The molecule has 1 atom stereocenters. The standard InChI is InChI=1S/C12H21N3O/c1-4-11(5-2)16-12(6-13)10-7-14-9(3)15-8-10/h7-8,11-12H,4-6,13H2,1-3H3. The lowest BCUT2D eigenvalue weighted by Crippen LogP contribution is -2.22. The topological polar surface area (TPSA) is 61.0 Å². The Labute approximate surface area is 97.2 Å². The van der Waals surface area contributed by atoms with Gasteiger partial charge in [-0.25, -0.2) is 9.97 Å². The maximum atomic E-state index is 5.92. The molecule has 0 saturated carbocycles. The summed E-state index contributed by atoms with van der Waals surface area (Å²) in [7, 11) is 0. The number of rotatable bonds is 6. The minimum atomic E-state index is -0.0921. The average Bonchev–Trinajstić information content (AvgIpc) is 2.32. The van der Waals surface area contributed by atoms with Crippen molar-refractivity contribution in [3.8, 4) is 0 Å². The van der Waals surface area contributed by atoms with E-state index < -0.39 is 0 Å². The molecule has 4 heteroatoms. The maximum Gasteiger partial charge on any atom is 0.125 e. The molecular weight excluding hydrogens is 202 g/mol. The zero-order chi connectivity index (χ0) is 12.0. The van der Waals surface area contributed by atoms with Gasteiger partial charge in [0.15, 0.2) is 0 Å². The normalized spacial score (nSPS) is 13.1. The van der Waals surface area contributed by atoms with E-state index in [1.54, 1.807) is 12.4 Å². The van der Waals surface area contributed by atoms with E-state index in [4.69, 9.17) is 10.5 Å². The van der Waals surface area contributed by atoms with E-state index in [9.17, 15) is 0 Å². The second-order valence-corrected chi connectivity index (χ2v) is 3.86. The Hall–Kier alpha value is -1.00. The van der Waals surface area contributed by atoms with Crippen LogP contribution in [0.2, 0.25) is 0 Å². The Kier molecular flexibility index (Phi) is 5.35. The molecule has 0 radical (unpaired) electrons.